The highest BCUT2D eigenvalue weighted by molar-refractivity contribution is 7.21. The number of hydrogen-bond acceptors (Lipinski definition) is 6. The molecule has 8 heteroatoms. The summed E-state index contributed by atoms with van der Waals surface area (Å²) in [4.78, 5) is 13.7. The zero-order valence-electron chi connectivity index (χ0n) is 14.8. The van der Waals surface area contributed by atoms with Crippen LogP contribution >= 0.6 is 22.9 Å². The first-order chi connectivity index (χ1) is 13.0. The number of halogens is 2. The molecule has 0 saturated carbocycles. The van der Waals surface area contributed by atoms with E-state index in [0.717, 1.165) is 22.3 Å². The highest BCUT2D eigenvalue weighted by Gasteiger charge is 2.19. The van der Waals surface area contributed by atoms with Crippen LogP contribution in [0.1, 0.15) is 11.3 Å². The zero-order chi connectivity index (χ0) is 19.1. The molecular formula is C19H15ClFN3O2S. The van der Waals surface area contributed by atoms with Gasteiger partial charge in [0.05, 0.1) is 46.4 Å². The minimum Gasteiger partial charge on any atom is -0.494 e. The van der Waals surface area contributed by atoms with Gasteiger partial charge in [-0.25, -0.2) is 14.4 Å². The number of methoxy groups -OCH3 is 2. The molecule has 0 aliphatic heterocycles. The fraction of sp³-hybridized carbons (Fsp3) is 0.211. The predicted octanol–water partition coefficient (Wildman–Crippen LogP) is 5.16. The van der Waals surface area contributed by atoms with E-state index < -0.39 is 5.82 Å². The quantitative estimate of drug-likeness (QED) is 0.471. The van der Waals surface area contributed by atoms with Crippen LogP contribution in [0.25, 0.3) is 31.8 Å². The van der Waals surface area contributed by atoms with E-state index in [4.69, 9.17) is 21.1 Å². The standard InChI is InChI=1S/C19H15ClFN3O2S/c1-9-4-11(16-13(5-9)23-10(7-22-16)8-25-2)19-24-17-12(20)6-14(26-3)15(21)18(17)27-19/h4-7H,8H2,1-3H3. The molecule has 0 N–H and O–H groups in total. The van der Waals surface area contributed by atoms with Gasteiger partial charge in [0.2, 0.25) is 0 Å². The average molecular weight is 404 g/mol. The number of nitrogens with zero attached hydrogens (tertiary/aromatic N) is 3. The van der Waals surface area contributed by atoms with E-state index in [1.165, 1.54) is 24.5 Å². The summed E-state index contributed by atoms with van der Waals surface area (Å²) in [5, 5.41) is 0.970. The van der Waals surface area contributed by atoms with Crippen molar-refractivity contribution >= 4 is 44.2 Å². The van der Waals surface area contributed by atoms with Crippen molar-refractivity contribution in [3.05, 3.63) is 46.5 Å². The molecule has 0 fully saturated rings. The Morgan fingerprint density at radius 3 is 2.70 bits per heavy atom. The molecule has 4 rings (SSSR count). The van der Waals surface area contributed by atoms with Crippen molar-refractivity contribution in [2.75, 3.05) is 14.2 Å². The van der Waals surface area contributed by atoms with E-state index in [-0.39, 0.29) is 5.75 Å². The Hall–Kier alpha value is -2.35. The van der Waals surface area contributed by atoms with Crippen molar-refractivity contribution in [3.8, 4) is 16.3 Å². The Balaban J connectivity index is 1.96. The van der Waals surface area contributed by atoms with E-state index in [0.29, 0.717) is 32.4 Å². The van der Waals surface area contributed by atoms with E-state index >= 15 is 0 Å². The molecule has 2 aromatic carbocycles. The molecule has 0 bridgehead atoms. The summed E-state index contributed by atoms with van der Waals surface area (Å²) in [7, 11) is 3.02. The number of benzene rings is 2. The SMILES string of the molecule is COCc1cnc2c(-c3nc4c(Cl)cc(OC)c(F)c4s3)cc(C)cc2n1. The Morgan fingerprint density at radius 1 is 1.15 bits per heavy atom. The smallest absolute Gasteiger partial charge is 0.184 e. The fourth-order valence-corrected chi connectivity index (χ4v) is 4.27. The Morgan fingerprint density at radius 2 is 1.96 bits per heavy atom. The number of aryl methyl sites for hydroxylation is 1. The van der Waals surface area contributed by atoms with Gasteiger partial charge in [0.1, 0.15) is 10.5 Å². The third kappa shape index (κ3) is 3.12. The van der Waals surface area contributed by atoms with Gasteiger partial charge < -0.3 is 9.47 Å². The minimum absolute atomic E-state index is 0.0980. The largest absolute Gasteiger partial charge is 0.494 e. The maximum Gasteiger partial charge on any atom is 0.184 e. The monoisotopic (exact) mass is 403 g/mol. The van der Waals surface area contributed by atoms with Crippen LogP contribution in [0.4, 0.5) is 4.39 Å². The molecule has 4 aromatic rings. The lowest BCUT2D eigenvalue weighted by Gasteiger charge is -2.06. The van der Waals surface area contributed by atoms with Gasteiger partial charge >= 0.3 is 0 Å². The molecule has 0 aliphatic carbocycles. The lowest BCUT2D eigenvalue weighted by atomic mass is 10.1. The molecule has 0 atom stereocenters. The second-order valence-electron chi connectivity index (χ2n) is 6.05. The summed E-state index contributed by atoms with van der Waals surface area (Å²) in [6, 6.07) is 5.36. The summed E-state index contributed by atoms with van der Waals surface area (Å²) in [6.45, 7) is 2.35. The van der Waals surface area contributed by atoms with Crippen molar-refractivity contribution in [1.29, 1.82) is 0 Å². The Bertz CT molecular complexity index is 1180. The zero-order valence-corrected chi connectivity index (χ0v) is 16.4. The first kappa shape index (κ1) is 18.0. The number of aromatic nitrogens is 3. The van der Waals surface area contributed by atoms with Gasteiger partial charge in [-0.1, -0.05) is 11.6 Å². The average Bonchev–Trinajstić information content (AvgIpc) is 3.10. The third-order valence-corrected chi connectivity index (χ3v) is 5.48. The summed E-state index contributed by atoms with van der Waals surface area (Å²) in [5.74, 6) is -0.369. The van der Waals surface area contributed by atoms with Gasteiger partial charge in [-0.3, -0.25) is 4.98 Å². The van der Waals surface area contributed by atoms with Gasteiger partial charge in [0.15, 0.2) is 11.6 Å². The summed E-state index contributed by atoms with van der Waals surface area (Å²) in [6.07, 6.45) is 1.68. The summed E-state index contributed by atoms with van der Waals surface area (Å²) >= 11 is 7.49. The number of rotatable bonds is 4. The van der Waals surface area contributed by atoms with Crippen LogP contribution in [0.5, 0.6) is 5.75 Å². The number of hydrogen-bond donors (Lipinski definition) is 0. The van der Waals surface area contributed by atoms with E-state index in [1.807, 2.05) is 19.1 Å². The molecule has 2 aromatic heterocycles. The van der Waals surface area contributed by atoms with Crippen LogP contribution < -0.4 is 4.74 Å². The van der Waals surface area contributed by atoms with Gasteiger partial charge in [-0.15, -0.1) is 11.3 Å². The maximum absolute atomic E-state index is 14.7. The molecule has 0 saturated heterocycles. The highest BCUT2D eigenvalue weighted by Crippen LogP contribution is 2.40. The minimum atomic E-state index is -0.467. The lowest BCUT2D eigenvalue weighted by Crippen LogP contribution is -1.96. The molecular weight excluding hydrogens is 389 g/mol. The molecule has 5 nitrogen and oxygen atoms in total. The first-order valence-corrected chi connectivity index (χ1v) is 9.29. The van der Waals surface area contributed by atoms with Crippen LogP contribution in [-0.2, 0) is 11.3 Å². The summed E-state index contributed by atoms with van der Waals surface area (Å²) in [5.41, 5.74) is 4.38. The van der Waals surface area contributed by atoms with Crippen LogP contribution in [-0.4, -0.2) is 29.2 Å². The topological polar surface area (TPSA) is 57.1 Å². The van der Waals surface area contributed by atoms with Crippen LogP contribution in [0.2, 0.25) is 5.02 Å². The second-order valence-corrected chi connectivity index (χ2v) is 7.45. The number of ether oxygens (including phenoxy) is 2. The normalized spacial score (nSPS) is 11.4. The molecule has 0 unspecified atom stereocenters. The van der Waals surface area contributed by atoms with Crippen molar-refractivity contribution < 1.29 is 13.9 Å². The van der Waals surface area contributed by atoms with E-state index in [1.54, 1.807) is 13.3 Å². The second kappa shape index (κ2) is 6.99. The van der Waals surface area contributed by atoms with E-state index in [2.05, 4.69) is 15.0 Å². The van der Waals surface area contributed by atoms with Crippen LogP contribution in [0.3, 0.4) is 0 Å². The van der Waals surface area contributed by atoms with Crippen LogP contribution in [0, 0.1) is 12.7 Å². The highest BCUT2D eigenvalue weighted by atomic mass is 35.5. The summed E-state index contributed by atoms with van der Waals surface area (Å²) < 4.78 is 25.2. The molecule has 2 heterocycles. The maximum atomic E-state index is 14.7. The van der Waals surface area contributed by atoms with Gasteiger partial charge in [0.25, 0.3) is 0 Å². The predicted molar refractivity (Wildman–Crippen MR) is 105 cm³/mol. The molecule has 0 radical (unpaired) electrons. The Labute approximate surface area is 163 Å². The van der Waals surface area contributed by atoms with Crippen molar-refractivity contribution in [1.82, 2.24) is 15.0 Å². The molecule has 138 valence electrons. The Kier molecular flexibility index (Phi) is 4.67. The van der Waals surface area contributed by atoms with E-state index in [9.17, 15) is 4.39 Å². The van der Waals surface area contributed by atoms with Gasteiger partial charge in [0, 0.05) is 18.7 Å². The fourth-order valence-electron chi connectivity index (χ4n) is 2.94. The molecule has 0 spiro atoms. The molecule has 27 heavy (non-hydrogen) atoms. The first-order valence-electron chi connectivity index (χ1n) is 8.10. The lowest BCUT2D eigenvalue weighted by molar-refractivity contribution is 0.181. The van der Waals surface area contributed by atoms with Crippen LogP contribution in [0.15, 0.2) is 24.4 Å². The van der Waals surface area contributed by atoms with Crippen molar-refractivity contribution in [2.45, 2.75) is 13.5 Å². The molecule has 0 aliphatic rings. The van der Waals surface area contributed by atoms with Crippen molar-refractivity contribution in [3.63, 3.8) is 0 Å². The number of fused-ring (bicyclic) bond motifs is 2. The van der Waals surface area contributed by atoms with Gasteiger partial charge in [-0.05, 0) is 24.6 Å². The third-order valence-electron chi connectivity index (χ3n) is 4.11. The molecule has 0 amide bonds. The number of thiazole rings is 1. The van der Waals surface area contributed by atoms with Gasteiger partial charge in [-0.2, -0.15) is 0 Å². The van der Waals surface area contributed by atoms with Crippen molar-refractivity contribution in [2.24, 2.45) is 0 Å².